The quantitative estimate of drug-likeness (QED) is 0.491. The van der Waals surface area contributed by atoms with Gasteiger partial charge in [-0.2, -0.15) is 0 Å². The van der Waals surface area contributed by atoms with Crippen LogP contribution in [-0.2, 0) is 10.9 Å². The standard InChI is InChI=1S/C13H27S/c1-10(2)12(5)9-14(8)13(6,7)11(3)4/h11H,9H2,1-8H3/q+1. The summed E-state index contributed by atoms with van der Waals surface area (Å²) < 4.78 is 0.469. The third-order valence-corrected chi connectivity index (χ3v) is 6.71. The molecule has 0 aromatic carbocycles. The molecule has 1 heteroatoms. The fourth-order valence-electron chi connectivity index (χ4n) is 1.06. The third kappa shape index (κ3) is 3.68. The summed E-state index contributed by atoms with van der Waals surface area (Å²) >= 11 is 0. The van der Waals surface area contributed by atoms with Gasteiger partial charge in [-0.1, -0.05) is 19.4 Å². The van der Waals surface area contributed by atoms with E-state index in [1.165, 1.54) is 11.3 Å². The predicted molar refractivity (Wildman–Crippen MR) is 71.1 cm³/mol. The Balaban J connectivity index is 4.50. The van der Waals surface area contributed by atoms with Gasteiger partial charge in [0.15, 0.2) is 0 Å². The summed E-state index contributed by atoms with van der Waals surface area (Å²) in [6.07, 6.45) is 2.41. The van der Waals surface area contributed by atoms with Gasteiger partial charge in [0.05, 0.1) is 6.26 Å². The Labute approximate surface area is 93.5 Å². The summed E-state index contributed by atoms with van der Waals surface area (Å²) in [5, 5.41) is 0. The zero-order chi connectivity index (χ0) is 11.5. The van der Waals surface area contributed by atoms with Crippen LogP contribution in [0.3, 0.4) is 0 Å². The molecular formula is C13H27S+. The highest BCUT2D eigenvalue weighted by atomic mass is 32.2. The van der Waals surface area contributed by atoms with E-state index in [0.717, 1.165) is 5.92 Å². The molecule has 14 heavy (non-hydrogen) atoms. The van der Waals surface area contributed by atoms with Crippen LogP contribution < -0.4 is 0 Å². The van der Waals surface area contributed by atoms with E-state index in [0.29, 0.717) is 15.6 Å². The van der Waals surface area contributed by atoms with Gasteiger partial charge in [0, 0.05) is 5.92 Å². The lowest BCUT2D eigenvalue weighted by molar-refractivity contribution is 0.499. The van der Waals surface area contributed by atoms with Gasteiger partial charge in [-0.25, -0.2) is 0 Å². The van der Waals surface area contributed by atoms with Crippen molar-refractivity contribution in [2.45, 2.75) is 53.2 Å². The molecule has 0 radical (unpaired) electrons. The largest absolute Gasteiger partial charge is 0.129 e. The molecule has 0 fully saturated rings. The Bertz CT molecular complexity index is 207. The van der Waals surface area contributed by atoms with E-state index >= 15 is 0 Å². The van der Waals surface area contributed by atoms with Crippen LogP contribution in [0.5, 0.6) is 0 Å². The Morgan fingerprint density at radius 1 is 1.14 bits per heavy atom. The lowest BCUT2D eigenvalue weighted by Crippen LogP contribution is -2.38. The van der Waals surface area contributed by atoms with Crippen LogP contribution in [0.15, 0.2) is 11.1 Å². The van der Waals surface area contributed by atoms with Crippen molar-refractivity contribution in [3.05, 3.63) is 11.1 Å². The number of rotatable bonds is 4. The van der Waals surface area contributed by atoms with Crippen molar-refractivity contribution in [1.82, 2.24) is 0 Å². The second-order valence-corrected chi connectivity index (χ2v) is 7.94. The summed E-state index contributed by atoms with van der Waals surface area (Å²) in [6.45, 7) is 16.2. The molecule has 0 aromatic heterocycles. The average Bonchev–Trinajstić information content (AvgIpc) is 2.03. The van der Waals surface area contributed by atoms with E-state index in [-0.39, 0.29) is 0 Å². The smallest absolute Gasteiger partial charge is 0.0729 e. The molecule has 0 aromatic rings. The molecule has 0 spiro atoms. The Hall–Kier alpha value is 0.0900. The monoisotopic (exact) mass is 215 g/mol. The topological polar surface area (TPSA) is 0 Å². The minimum Gasteiger partial charge on any atom is -0.0729 e. The molecule has 0 heterocycles. The number of hydrogen-bond donors (Lipinski definition) is 0. The van der Waals surface area contributed by atoms with Crippen molar-refractivity contribution in [2.24, 2.45) is 5.92 Å². The third-order valence-electron chi connectivity index (χ3n) is 3.58. The fourth-order valence-corrected chi connectivity index (χ4v) is 3.17. The maximum Gasteiger partial charge on any atom is 0.129 e. The minimum absolute atomic E-state index is 0.469. The van der Waals surface area contributed by atoms with Gasteiger partial charge in [-0.15, -0.1) is 0 Å². The van der Waals surface area contributed by atoms with Crippen LogP contribution in [0.2, 0.25) is 0 Å². The SMILES string of the molecule is CC(C)=C(C)C[S+](C)C(C)(C)C(C)C. The summed E-state index contributed by atoms with van der Waals surface area (Å²) in [7, 11) is 0.481. The molecule has 0 bridgehead atoms. The number of hydrogen-bond acceptors (Lipinski definition) is 0. The molecule has 0 aliphatic heterocycles. The van der Waals surface area contributed by atoms with Crippen LogP contribution in [-0.4, -0.2) is 16.8 Å². The molecule has 1 unspecified atom stereocenters. The first-order valence-electron chi connectivity index (χ1n) is 5.45. The van der Waals surface area contributed by atoms with Crippen LogP contribution in [0, 0.1) is 5.92 Å². The summed E-state index contributed by atoms with van der Waals surface area (Å²) in [6, 6.07) is 0. The molecule has 0 amide bonds. The minimum atomic E-state index is 0.469. The zero-order valence-corrected chi connectivity index (χ0v) is 12.0. The molecule has 84 valence electrons. The number of allylic oxidation sites excluding steroid dienone is 1. The van der Waals surface area contributed by atoms with Crippen LogP contribution >= 0.6 is 0 Å². The highest BCUT2D eigenvalue weighted by Gasteiger charge is 2.37. The normalized spacial score (nSPS) is 14.4. The average molecular weight is 215 g/mol. The molecule has 0 aliphatic rings. The fraction of sp³-hybridized carbons (Fsp3) is 0.846. The molecule has 0 rings (SSSR count). The summed E-state index contributed by atoms with van der Waals surface area (Å²) in [4.78, 5) is 0. The van der Waals surface area contributed by atoms with Gasteiger partial charge in [-0.05, 0) is 51.1 Å². The first kappa shape index (κ1) is 14.1. The van der Waals surface area contributed by atoms with E-state index in [1.54, 1.807) is 5.57 Å². The Kier molecular flexibility index (Phi) is 5.28. The zero-order valence-electron chi connectivity index (χ0n) is 11.2. The van der Waals surface area contributed by atoms with Gasteiger partial charge >= 0.3 is 0 Å². The van der Waals surface area contributed by atoms with Gasteiger partial charge in [0.2, 0.25) is 0 Å². The Morgan fingerprint density at radius 3 is 1.86 bits per heavy atom. The summed E-state index contributed by atoms with van der Waals surface area (Å²) in [5.74, 6) is 2.04. The molecular weight excluding hydrogens is 188 g/mol. The van der Waals surface area contributed by atoms with Crippen LogP contribution in [0.1, 0.15) is 48.5 Å². The molecule has 0 saturated heterocycles. The molecule has 1 atom stereocenters. The van der Waals surface area contributed by atoms with Crippen molar-refractivity contribution in [3.8, 4) is 0 Å². The maximum absolute atomic E-state index is 2.41. The maximum atomic E-state index is 2.41. The van der Waals surface area contributed by atoms with Crippen molar-refractivity contribution in [1.29, 1.82) is 0 Å². The molecule has 0 nitrogen and oxygen atoms in total. The van der Waals surface area contributed by atoms with E-state index in [1.807, 2.05) is 0 Å². The molecule has 0 aliphatic carbocycles. The highest BCUT2D eigenvalue weighted by Crippen LogP contribution is 2.28. The molecule has 0 saturated carbocycles. The van der Waals surface area contributed by atoms with Crippen molar-refractivity contribution in [2.75, 3.05) is 12.0 Å². The van der Waals surface area contributed by atoms with E-state index in [9.17, 15) is 0 Å². The lowest BCUT2D eigenvalue weighted by Gasteiger charge is -2.28. The summed E-state index contributed by atoms with van der Waals surface area (Å²) in [5.41, 5.74) is 3.06. The second-order valence-electron chi connectivity index (χ2n) is 5.32. The first-order valence-corrected chi connectivity index (χ1v) is 7.25. The highest BCUT2D eigenvalue weighted by molar-refractivity contribution is 7.97. The van der Waals surface area contributed by atoms with Gasteiger partial charge in [0.25, 0.3) is 0 Å². The first-order chi connectivity index (χ1) is 6.19. The Morgan fingerprint density at radius 2 is 1.57 bits per heavy atom. The van der Waals surface area contributed by atoms with Gasteiger partial charge in [0.1, 0.15) is 10.5 Å². The van der Waals surface area contributed by atoms with Gasteiger partial charge in [-0.3, -0.25) is 0 Å². The van der Waals surface area contributed by atoms with Crippen molar-refractivity contribution < 1.29 is 0 Å². The van der Waals surface area contributed by atoms with Gasteiger partial charge < -0.3 is 0 Å². The lowest BCUT2D eigenvalue weighted by atomic mass is 10.00. The molecule has 0 N–H and O–H groups in total. The van der Waals surface area contributed by atoms with Crippen LogP contribution in [0.4, 0.5) is 0 Å². The van der Waals surface area contributed by atoms with Crippen molar-refractivity contribution >= 4 is 10.9 Å². The van der Waals surface area contributed by atoms with E-state index in [4.69, 9.17) is 0 Å². The predicted octanol–water partition coefficient (Wildman–Crippen LogP) is 4.03. The van der Waals surface area contributed by atoms with Crippen LogP contribution in [0.25, 0.3) is 0 Å². The van der Waals surface area contributed by atoms with E-state index in [2.05, 4.69) is 54.7 Å². The van der Waals surface area contributed by atoms with Crippen molar-refractivity contribution in [3.63, 3.8) is 0 Å². The second kappa shape index (κ2) is 5.25. The van der Waals surface area contributed by atoms with E-state index < -0.39 is 0 Å².